The molecule has 64 valence electrons. The number of nitrogens with zero attached hydrogens (tertiary/aromatic N) is 1. The average molecular weight is 178 g/mol. The first-order valence-corrected chi connectivity index (χ1v) is 5.16. The molecule has 0 saturated heterocycles. The number of rotatable bonds is 5. The Labute approximate surface area is 66.9 Å². The molecule has 0 spiro atoms. The lowest BCUT2D eigenvalue weighted by Gasteiger charge is -2.08. The maximum atomic E-state index is 11.4. The second-order valence-electron chi connectivity index (χ2n) is 1.77. The quantitative estimate of drug-likeness (QED) is 0.605. The lowest BCUT2D eigenvalue weighted by Crippen LogP contribution is -1.97. The van der Waals surface area contributed by atoms with Crippen LogP contribution in [-0.4, -0.2) is 19.5 Å². The van der Waals surface area contributed by atoms with E-state index in [0.717, 1.165) is 0 Å². The van der Waals surface area contributed by atoms with Gasteiger partial charge in [-0.25, -0.2) is 0 Å². The van der Waals surface area contributed by atoms with E-state index < -0.39 is 7.60 Å². The van der Waals surface area contributed by atoms with Crippen LogP contribution >= 0.6 is 7.60 Å². The molecule has 0 unspecified atom stereocenters. The van der Waals surface area contributed by atoms with E-state index in [0.29, 0.717) is 13.2 Å². The second kappa shape index (κ2) is 5.31. The predicted molar refractivity (Wildman–Crippen MR) is 44.0 cm³/mol. The van der Waals surface area contributed by atoms with Gasteiger partial charge in [0.05, 0.1) is 13.2 Å². The molecule has 0 aliphatic heterocycles. The molecule has 0 saturated carbocycles. The van der Waals surface area contributed by atoms with Crippen molar-refractivity contribution in [2.75, 3.05) is 19.5 Å². The number of hydrogen-bond acceptors (Lipinski definition) is 3. The van der Waals surface area contributed by atoms with E-state index in [1.807, 2.05) is 0 Å². The fourth-order valence-corrected chi connectivity index (χ4v) is 1.84. The van der Waals surface area contributed by atoms with Crippen molar-refractivity contribution in [1.82, 2.24) is 0 Å². The summed E-state index contributed by atoms with van der Waals surface area (Å²) in [5, 5.41) is 0. The highest BCUT2D eigenvalue weighted by Crippen LogP contribution is 2.47. The first-order valence-electron chi connectivity index (χ1n) is 3.43. The maximum Gasteiger partial charge on any atom is 0.413 e. The summed E-state index contributed by atoms with van der Waals surface area (Å²) in [5.41, 5.74) is 0. The third kappa shape index (κ3) is 4.15. The Morgan fingerprint density at radius 3 is 2.09 bits per heavy atom. The van der Waals surface area contributed by atoms with Gasteiger partial charge in [-0.2, -0.15) is 0 Å². The molecule has 0 atom stereocenters. The molecule has 0 aromatic heterocycles. The third-order valence-corrected chi connectivity index (χ3v) is 2.72. The highest BCUT2D eigenvalue weighted by molar-refractivity contribution is 7.54. The van der Waals surface area contributed by atoms with Crippen molar-refractivity contribution in [2.45, 2.75) is 13.8 Å². The Bertz CT molecular complexity index is 177. The molecule has 11 heavy (non-hydrogen) atoms. The zero-order chi connectivity index (χ0) is 8.74. The predicted octanol–water partition coefficient (Wildman–Crippen LogP) is 2.17. The Kier molecular flexibility index (Phi) is 5.14. The van der Waals surface area contributed by atoms with Crippen LogP contribution in [0, 0.1) is 6.57 Å². The van der Waals surface area contributed by atoms with Crippen LogP contribution in [0.4, 0.5) is 0 Å². The van der Waals surface area contributed by atoms with Gasteiger partial charge in [-0.05, 0) is 13.8 Å². The molecule has 0 heterocycles. The molecule has 0 fully saturated rings. The lowest BCUT2D eigenvalue weighted by atomic mass is 10.9. The van der Waals surface area contributed by atoms with E-state index in [4.69, 9.17) is 15.6 Å². The van der Waals surface area contributed by atoms with Gasteiger partial charge in [0.2, 0.25) is 0 Å². The van der Waals surface area contributed by atoms with Gasteiger partial charge >= 0.3 is 13.9 Å². The molecule has 0 aromatic rings. The first-order chi connectivity index (χ1) is 5.18. The highest BCUT2D eigenvalue weighted by atomic mass is 31.2. The van der Waals surface area contributed by atoms with Crippen LogP contribution in [0.25, 0.3) is 4.85 Å². The zero-order valence-electron chi connectivity index (χ0n) is 6.82. The van der Waals surface area contributed by atoms with Gasteiger partial charge in [-0.3, -0.25) is 4.57 Å². The van der Waals surface area contributed by atoms with Gasteiger partial charge in [0.15, 0.2) is 0 Å². The maximum absolute atomic E-state index is 11.4. The van der Waals surface area contributed by atoms with Crippen molar-refractivity contribution in [3.8, 4) is 6.57 Å². The Balaban J connectivity index is 4.04. The molecular formula is C6H13NO3P+. The molecule has 0 rings (SSSR count). The standard InChI is InChI=1S/C6H13NO3P/c1-4-9-11(8,6-7-3)10-5-2/h3H,4-6H2,1-2H3/q+1. The normalized spacial score (nSPS) is 11.0. The summed E-state index contributed by atoms with van der Waals surface area (Å²) < 4.78 is 21.1. The summed E-state index contributed by atoms with van der Waals surface area (Å²) in [6.07, 6.45) is -0.0747. The van der Waals surface area contributed by atoms with E-state index >= 15 is 0 Å². The fraction of sp³-hybridized carbons (Fsp3) is 0.833. The molecule has 0 radical (unpaired) electrons. The van der Waals surface area contributed by atoms with Crippen LogP contribution in [0.3, 0.4) is 0 Å². The second-order valence-corrected chi connectivity index (χ2v) is 3.79. The van der Waals surface area contributed by atoms with Crippen LogP contribution in [0.5, 0.6) is 0 Å². The highest BCUT2D eigenvalue weighted by Gasteiger charge is 2.28. The van der Waals surface area contributed by atoms with Gasteiger partial charge in [0, 0.05) is 0 Å². The lowest BCUT2D eigenvalue weighted by molar-refractivity contribution is 0.222. The summed E-state index contributed by atoms with van der Waals surface area (Å²) in [4.78, 5) is 3.23. The van der Waals surface area contributed by atoms with Gasteiger partial charge in [-0.15, -0.1) is 0 Å². The summed E-state index contributed by atoms with van der Waals surface area (Å²) in [6, 6.07) is 0. The molecular weight excluding hydrogens is 165 g/mol. The van der Waals surface area contributed by atoms with Crippen LogP contribution in [0.15, 0.2) is 0 Å². The molecule has 4 nitrogen and oxygen atoms in total. The van der Waals surface area contributed by atoms with Gasteiger partial charge in [0.25, 0.3) is 6.57 Å². The molecule has 0 aromatic carbocycles. The molecule has 0 aliphatic rings. The van der Waals surface area contributed by atoms with Crippen LogP contribution in [0.1, 0.15) is 13.8 Å². The molecule has 0 bridgehead atoms. The fourth-order valence-electron chi connectivity index (χ4n) is 0.612. The summed E-state index contributed by atoms with van der Waals surface area (Å²) in [6.45, 7) is 9.02. The summed E-state index contributed by atoms with van der Waals surface area (Å²) in [7, 11) is -3.01. The van der Waals surface area contributed by atoms with Gasteiger partial charge in [-0.1, -0.05) is 4.85 Å². The monoisotopic (exact) mass is 178 g/mol. The zero-order valence-corrected chi connectivity index (χ0v) is 7.71. The van der Waals surface area contributed by atoms with Crippen LogP contribution in [0.2, 0.25) is 0 Å². The summed E-state index contributed by atoms with van der Waals surface area (Å²) >= 11 is 0. The minimum absolute atomic E-state index is 0.0747. The number of hydrogen-bond donors (Lipinski definition) is 0. The first kappa shape index (κ1) is 10.6. The Morgan fingerprint density at radius 2 is 1.82 bits per heavy atom. The van der Waals surface area contributed by atoms with Crippen molar-refractivity contribution >= 4 is 7.60 Å². The SMILES string of the molecule is C#[N+]CP(=O)(OCC)OCC. The Morgan fingerprint density at radius 1 is 1.36 bits per heavy atom. The van der Waals surface area contributed by atoms with E-state index in [-0.39, 0.29) is 6.29 Å². The van der Waals surface area contributed by atoms with E-state index in [1.54, 1.807) is 13.8 Å². The van der Waals surface area contributed by atoms with E-state index in [1.165, 1.54) is 0 Å². The van der Waals surface area contributed by atoms with Crippen molar-refractivity contribution in [3.05, 3.63) is 4.85 Å². The molecule has 0 N–H and O–H groups in total. The van der Waals surface area contributed by atoms with Crippen molar-refractivity contribution < 1.29 is 13.6 Å². The van der Waals surface area contributed by atoms with Crippen LogP contribution < -0.4 is 0 Å². The van der Waals surface area contributed by atoms with Gasteiger partial charge < -0.3 is 9.05 Å². The minimum Gasteiger partial charge on any atom is -0.304 e. The Hall–Kier alpha value is -0.360. The van der Waals surface area contributed by atoms with Crippen molar-refractivity contribution in [2.24, 2.45) is 0 Å². The van der Waals surface area contributed by atoms with Crippen molar-refractivity contribution in [3.63, 3.8) is 0 Å². The molecule has 0 amide bonds. The largest absolute Gasteiger partial charge is 0.413 e. The van der Waals surface area contributed by atoms with E-state index in [2.05, 4.69) is 4.85 Å². The third-order valence-electron chi connectivity index (χ3n) is 0.906. The topological polar surface area (TPSA) is 39.9 Å². The summed E-state index contributed by atoms with van der Waals surface area (Å²) in [5.74, 6) is 0. The minimum atomic E-state index is -3.01. The molecule has 5 heteroatoms. The average Bonchev–Trinajstić information content (AvgIpc) is 1.88. The van der Waals surface area contributed by atoms with Gasteiger partial charge in [0.1, 0.15) is 0 Å². The molecule has 0 aliphatic carbocycles. The smallest absolute Gasteiger partial charge is 0.304 e. The van der Waals surface area contributed by atoms with Crippen LogP contribution in [-0.2, 0) is 13.6 Å². The van der Waals surface area contributed by atoms with Crippen molar-refractivity contribution in [1.29, 1.82) is 0 Å². The van der Waals surface area contributed by atoms with E-state index in [9.17, 15) is 4.57 Å².